The fraction of sp³-hybridized carbons (Fsp3) is 0.667. The molecule has 0 radical (unpaired) electrons. The molecule has 0 unspecified atom stereocenters. The Labute approximate surface area is 138 Å². The standard InChI is InChI=1S/C18H28N4O/c23-18(21-16-6-2-1-3-7-16)20-14-15-9-12-22(13-10-15)17-8-4-5-11-19-17/h4-5,8,11,15-16H,1-3,6-7,9-10,12-14H2,(H2,20,21,23). The summed E-state index contributed by atoms with van der Waals surface area (Å²) in [6.45, 7) is 2.83. The van der Waals surface area contributed by atoms with Gasteiger partial charge in [0.1, 0.15) is 5.82 Å². The number of piperidine rings is 1. The predicted molar refractivity (Wildman–Crippen MR) is 92.6 cm³/mol. The topological polar surface area (TPSA) is 57.3 Å². The molecule has 5 heteroatoms. The molecule has 2 fully saturated rings. The Kier molecular flexibility index (Phi) is 5.72. The van der Waals surface area contributed by atoms with E-state index in [4.69, 9.17) is 0 Å². The van der Waals surface area contributed by atoms with Crippen LogP contribution in [0.2, 0.25) is 0 Å². The van der Waals surface area contributed by atoms with Crippen molar-refractivity contribution in [2.75, 3.05) is 24.5 Å². The molecule has 3 rings (SSSR count). The van der Waals surface area contributed by atoms with Crippen molar-refractivity contribution in [3.63, 3.8) is 0 Å². The summed E-state index contributed by atoms with van der Waals surface area (Å²) < 4.78 is 0. The molecule has 0 atom stereocenters. The highest BCUT2D eigenvalue weighted by Gasteiger charge is 2.21. The van der Waals surface area contributed by atoms with Crippen LogP contribution in [0, 0.1) is 5.92 Å². The summed E-state index contributed by atoms with van der Waals surface area (Å²) in [5, 5.41) is 6.19. The first kappa shape index (κ1) is 16.1. The van der Waals surface area contributed by atoms with Crippen LogP contribution in [0.15, 0.2) is 24.4 Å². The number of aromatic nitrogens is 1. The third-order valence-electron chi connectivity index (χ3n) is 5.08. The number of amides is 2. The van der Waals surface area contributed by atoms with E-state index in [1.165, 1.54) is 19.3 Å². The second kappa shape index (κ2) is 8.18. The van der Waals surface area contributed by atoms with Gasteiger partial charge in [0.25, 0.3) is 0 Å². The smallest absolute Gasteiger partial charge is 0.315 e. The molecule has 2 amide bonds. The second-order valence-electron chi connectivity index (χ2n) is 6.81. The van der Waals surface area contributed by atoms with Crippen molar-refractivity contribution < 1.29 is 4.79 Å². The summed E-state index contributed by atoms with van der Waals surface area (Å²) in [6.07, 6.45) is 10.1. The van der Waals surface area contributed by atoms with E-state index in [-0.39, 0.29) is 6.03 Å². The monoisotopic (exact) mass is 316 g/mol. The Hall–Kier alpha value is -1.78. The first-order chi connectivity index (χ1) is 11.3. The summed E-state index contributed by atoms with van der Waals surface area (Å²) >= 11 is 0. The van der Waals surface area contributed by atoms with Gasteiger partial charge in [0.05, 0.1) is 0 Å². The van der Waals surface area contributed by atoms with Crippen molar-refractivity contribution in [1.29, 1.82) is 0 Å². The Morgan fingerprint density at radius 1 is 1.13 bits per heavy atom. The van der Waals surface area contributed by atoms with Crippen LogP contribution < -0.4 is 15.5 Å². The minimum absolute atomic E-state index is 0.0176. The number of pyridine rings is 1. The second-order valence-corrected chi connectivity index (χ2v) is 6.81. The lowest BCUT2D eigenvalue weighted by atomic mass is 9.95. The Morgan fingerprint density at radius 2 is 1.91 bits per heavy atom. The number of hydrogen-bond donors (Lipinski definition) is 2. The van der Waals surface area contributed by atoms with Crippen LogP contribution in [0.25, 0.3) is 0 Å². The molecule has 1 aliphatic heterocycles. The number of nitrogens with zero attached hydrogens (tertiary/aromatic N) is 2. The average Bonchev–Trinajstić information content (AvgIpc) is 2.62. The van der Waals surface area contributed by atoms with Gasteiger partial charge < -0.3 is 15.5 Å². The maximum atomic E-state index is 12.0. The van der Waals surface area contributed by atoms with Crippen molar-refractivity contribution in [2.24, 2.45) is 5.92 Å². The van der Waals surface area contributed by atoms with Crippen molar-refractivity contribution in [1.82, 2.24) is 15.6 Å². The SMILES string of the molecule is O=C(NCC1CCN(c2ccccn2)CC1)NC1CCCCC1. The fourth-order valence-electron chi connectivity index (χ4n) is 3.63. The molecule has 126 valence electrons. The summed E-state index contributed by atoms with van der Waals surface area (Å²) in [6, 6.07) is 6.45. The average molecular weight is 316 g/mol. The van der Waals surface area contributed by atoms with Crippen molar-refractivity contribution in [2.45, 2.75) is 51.0 Å². The van der Waals surface area contributed by atoms with Gasteiger partial charge in [-0.1, -0.05) is 25.3 Å². The van der Waals surface area contributed by atoms with Crippen molar-refractivity contribution in [3.8, 4) is 0 Å². The van der Waals surface area contributed by atoms with Gasteiger partial charge in [-0.25, -0.2) is 9.78 Å². The number of hydrogen-bond acceptors (Lipinski definition) is 3. The number of nitrogens with one attached hydrogen (secondary N) is 2. The minimum Gasteiger partial charge on any atom is -0.357 e. The molecular formula is C18H28N4O. The van der Waals surface area contributed by atoms with Crippen LogP contribution in [0.1, 0.15) is 44.9 Å². The van der Waals surface area contributed by atoms with Gasteiger partial charge in [0.15, 0.2) is 0 Å². The molecule has 1 saturated carbocycles. The molecule has 5 nitrogen and oxygen atoms in total. The Morgan fingerprint density at radius 3 is 2.61 bits per heavy atom. The predicted octanol–water partition coefficient (Wildman–Crippen LogP) is 2.93. The van der Waals surface area contributed by atoms with E-state index in [0.29, 0.717) is 12.0 Å². The number of carbonyl (C=O) groups is 1. The number of anilines is 1. The van der Waals surface area contributed by atoms with E-state index in [1.54, 1.807) is 0 Å². The lowest BCUT2D eigenvalue weighted by Gasteiger charge is -2.33. The molecule has 0 aromatic carbocycles. The molecule has 2 N–H and O–H groups in total. The van der Waals surface area contributed by atoms with E-state index in [0.717, 1.165) is 51.1 Å². The molecular weight excluding hydrogens is 288 g/mol. The maximum absolute atomic E-state index is 12.0. The Balaban J connectivity index is 1.35. The van der Waals surface area contributed by atoms with E-state index >= 15 is 0 Å². The van der Waals surface area contributed by atoms with Crippen LogP contribution >= 0.6 is 0 Å². The number of urea groups is 1. The number of carbonyl (C=O) groups excluding carboxylic acids is 1. The molecule has 1 aromatic heterocycles. The largest absolute Gasteiger partial charge is 0.357 e. The molecule has 0 spiro atoms. The van der Waals surface area contributed by atoms with Crippen LogP contribution in [-0.4, -0.2) is 36.7 Å². The summed E-state index contributed by atoms with van der Waals surface area (Å²) in [5.41, 5.74) is 0. The molecule has 1 aromatic rings. The van der Waals surface area contributed by atoms with E-state index < -0.39 is 0 Å². The van der Waals surface area contributed by atoms with Gasteiger partial charge in [-0.2, -0.15) is 0 Å². The summed E-state index contributed by atoms with van der Waals surface area (Å²) in [4.78, 5) is 18.7. The van der Waals surface area contributed by atoms with Gasteiger partial charge in [0, 0.05) is 31.9 Å². The van der Waals surface area contributed by atoms with Gasteiger partial charge >= 0.3 is 6.03 Å². The van der Waals surface area contributed by atoms with Crippen LogP contribution in [0.4, 0.5) is 10.6 Å². The lowest BCUT2D eigenvalue weighted by molar-refractivity contribution is 0.229. The van der Waals surface area contributed by atoms with Crippen molar-refractivity contribution >= 4 is 11.8 Å². The van der Waals surface area contributed by atoms with E-state index in [9.17, 15) is 4.79 Å². The highest BCUT2D eigenvalue weighted by Crippen LogP contribution is 2.21. The number of rotatable bonds is 4. The zero-order valence-corrected chi connectivity index (χ0v) is 13.8. The lowest BCUT2D eigenvalue weighted by Crippen LogP contribution is -2.45. The summed E-state index contributed by atoms with van der Waals surface area (Å²) in [5.74, 6) is 1.64. The first-order valence-corrected chi connectivity index (χ1v) is 9.01. The highest BCUT2D eigenvalue weighted by molar-refractivity contribution is 5.74. The molecule has 23 heavy (non-hydrogen) atoms. The maximum Gasteiger partial charge on any atom is 0.315 e. The Bertz CT molecular complexity index is 479. The van der Waals surface area contributed by atoms with Gasteiger partial charge in [-0.15, -0.1) is 0 Å². The first-order valence-electron chi connectivity index (χ1n) is 9.01. The summed E-state index contributed by atoms with van der Waals surface area (Å²) in [7, 11) is 0. The molecule has 1 saturated heterocycles. The third kappa shape index (κ3) is 4.85. The van der Waals surface area contributed by atoms with E-state index in [1.807, 2.05) is 18.3 Å². The van der Waals surface area contributed by atoms with E-state index in [2.05, 4.69) is 26.6 Å². The van der Waals surface area contributed by atoms with Crippen LogP contribution in [0.5, 0.6) is 0 Å². The zero-order chi connectivity index (χ0) is 15.9. The minimum atomic E-state index is 0.0176. The van der Waals surface area contributed by atoms with Crippen molar-refractivity contribution in [3.05, 3.63) is 24.4 Å². The zero-order valence-electron chi connectivity index (χ0n) is 13.8. The van der Waals surface area contributed by atoms with Gasteiger partial charge in [0.2, 0.25) is 0 Å². The third-order valence-corrected chi connectivity index (χ3v) is 5.08. The molecule has 1 aliphatic carbocycles. The quantitative estimate of drug-likeness (QED) is 0.898. The molecule has 2 heterocycles. The van der Waals surface area contributed by atoms with Crippen LogP contribution in [-0.2, 0) is 0 Å². The fourth-order valence-corrected chi connectivity index (χ4v) is 3.63. The highest BCUT2D eigenvalue weighted by atomic mass is 16.2. The molecule has 2 aliphatic rings. The van der Waals surface area contributed by atoms with Crippen LogP contribution in [0.3, 0.4) is 0 Å². The normalized spacial score (nSPS) is 20.3. The molecule has 0 bridgehead atoms. The van der Waals surface area contributed by atoms with Gasteiger partial charge in [-0.3, -0.25) is 0 Å². The van der Waals surface area contributed by atoms with Gasteiger partial charge in [-0.05, 0) is 43.7 Å².